The van der Waals surface area contributed by atoms with Gasteiger partial charge in [0.1, 0.15) is 11.5 Å². The van der Waals surface area contributed by atoms with Gasteiger partial charge in [-0.15, -0.1) is 0 Å². The van der Waals surface area contributed by atoms with E-state index >= 15 is 0 Å². The molecule has 0 saturated carbocycles. The summed E-state index contributed by atoms with van der Waals surface area (Å²) in [6, 6.07) is 12.1. The summed E-state index contributed by atoms with van der Waals surface area (Å²) in [5, 5.41) is 6.74. The summed E-state index contributed by atoms with van der Waals surface area (Å²) >= 11 is 0. The fourth-order valence-electron chi connectivity index (χ4n) is 4.52. The number of esters is 1. The van der Waals surface area contributed by atoms with Crippen LogP contribution in [0.2, 0.25) is 0 Å². The Balaban J connectivity index is 1.99. The first kappa shape index (κ1) is 23.0. The number of fused-ring (bicyclic) bond motifs is 2. The number of ether oxygens (including phenoxy) is 2. The monoisotopic (exact) mass is 444 g/mol. The zero-order valence-corrected chi connectivity index (χ0v) is 20.0. The summed E-state index contributed by atoms with van der Waals surface area (Å²) in [6.45, 7) is 10.1. The fraction of sp³-hybridized carbons (Fsp3) is 0.321. The van der Waals surface area contributed by atoms with Crippen LogP contribution >= 0.6 is 0 Å². The maximum absolute atomic E-state index is 12.9. The molecule has 0 saturated heterocycles. The van der Waals surface area contributed by atoms with Crippen molar-refractivity contribution in [1.82, 2.24) is 10.6 Å². The molecule has 1 heterocycles. The number of hydrogen-bond donors (Lipinski definition) is 2. The van der Waals surface area contributed by atoms with Crippen molar-refractivity contribution in [3.63, 3.8) is 0 Å². The lowest BCUT2D eigenvalue weighted by molar-refractivity contribution is 0.0526. The average molecular weight is 445 g/mol. The van der Waals surface area contributed by atoms with Gasteiger partial charge in [0.25, 0.3) is 0 Å². The highest BCUT2D eigenvalue weighted by atomic mass is 16.5. The number of aryl methyl sites for hydroxylation is 1. The van der Waals surface area contributed by atoms with Gasteiger partial charge in [-0.25, -0.2) is 4.79 Å². The summed E-state index contributed by atoms with van der Waals surface area (Å²) in [5.41, 5.74) is 7.96. The molecule has 5 heteroatoms. The molecule has 1 aliphatic carbocycles. The molecule has 5 nitrogen and oxygen atoms in total. The predicted molar refractivity (Wildman–Crippen MR) is 132 cm³/mol. The van der Waals surface area contributed by atoms with E-state index in [0.29, 0.717) is 12.2 Å². The van der Waals surface area contributed by atoms with Crippen LogP contribution < -0.4 is 15.4 Å². The molecule has 0 fully saturated rings. The van der Waals surface area contributed by atoms with Crippen molar-refractivity contribution in [1.29, 1.82) is 0 Å². The van der Waals surface area contributed by atoms with Crippen molar-refractivity contribution in [3.8, 4) is 5.75 Å². The number of benzene rings is 2. The first-order chi connectivity index (χ1) is 16.0. The molecule has 1 unspecified atom stereocenters. The molecule has 172 valence electrons. The molecule has 4 rings (SSSR count). The zero-order chi connectivity index (χ0) is 23.5. The van der Waals surface area contributed by atoms with E-state index in [9.17, 15) is 4.79 Å². The second kappa shape index (κ2) is 9.77. The lowest BCUT2D eigenvalue weighted by Gasteiger charge is -2.31. The van der Waals surface area contributed by atoms with Gasteiger partial charge in [0, 0.05) is 23.3 Å². The second-order valence-electron chi connectivity index (χ2n) is 8.42. The van der Waals surface area contributed by atoms with Gasteiger partial charge in [-0.1, -0.05) is 30.7 Å². The zero-order valence-electron chi connectivity index (χ0n) is 20.0. The lowest BCUT2D eigenvalue weighted by Crippen LogP contribution is -2.31. The molecule has 33 heavy (non-hydrogen) atoms. The molecular formula is C28H32N2O3. The third-order valence-corrected chi connectivity index (χ3v) is 6.13. The summed E-state index contributed by atoms with van der Waals surface area (Å²) < 4.78 is 11.9. The van der Waals surface area contributed by atoms with Crippen LogP contribution in [0.1, 0.15) is 53.4 Å². The molecule has 0 radical (unpaired) electrons. The Morgan fingerprint density at radius 2 is 1.91 bits per heavy atom. The number of likely N-dealkylation sites (N-methyl/N-ethyl adjacent to an activating group) is 1. The van der Waals surface area contributed by atoms with Crippen molar-refractivity contribution in [3.05, 3.63) is 93.3 Å². The van der Waals surface area contributed by atoms with E-state index in [-0.39, 0.29) is 12.0 Å². The Kier molecular flexibility index (Phi) is 6.82. The number of rotatable bonds is 7. The van der Waals surface area contributed by atoms with Gasteiger partial charge >= 0.3 is 5.97 Å². The minimum atomic E-state index is -0.315. The van der Waals surface area contributed by atoms with Crippen LogP contribution in [0.4, 0.5) is 0 Å². The van der Waals surface area contributed by atoms with E-state index in [1.54, 1.807) is 0 Å². The highest BCUT2D eigenvalue weighted by Crippen LogP contribution is 2.45. The standard InChI is InChI=1S/C28H32N2O3/c1-6-30-24-15-26-23(13-18(24)4)27(20-10-8-9-11-21(20)28(31)32-7-2)22-12-17(3)19(16-29-5)14-25(22)33-26/h8-15,24,29-30H,6-7,16H2,1-5H3. The quantitative estimate of drug-likeness (QED) is 0.595. The summed E-state index contributed by atoms with van der Waals surface area (Å²) in [7, 11) is 1.94. The van der Waals surface area contributed by atoms with Crippen LogP contribution in [0.15, 0.2) is 65.5 Å². The molecule has 1 aliphatic heterocycles. The molecule has 2 N–H and O–H groups in total. The van der Waals surface area contributed by atoms with Crippen LogP contribution in [-0.4, -0.2) is 32.2 Å². The maximum atomic E-state index is 12.9. The molecular weight excluding hydrogens is 412 g/mol. The van der Waals surface area contributed by atoms with E-state index < -0.39 is 0 Å². The third kappa shape index (κ3) is 4.39. The minimum absolute atomic E-state index is 0.110. The Labute approximate surface area is 196 Å². The van der Waals surface area contributed by atoms with E-state index in [1.807, 2.05) is 38.2 Å². The summed E-state index contributed by atoms with van der Waals surface area (Å²) in [5.74, 6) is 1.30. The normalized spacial score (nSPS) is 16.9. The van der Waals surface area contributed by atoms with Crippen LogP contribution in [-0.2, 0) is 11.3 Å². The lowest BCUT2D eigenvalue weighted by atomic mass is 9.82. The predicted octanol–water partition coefficient (Wildman–Crippen LogP) is 4.91. The maximum Gasteiger partial charge on any atom is 0.338 e. The van der Waals surface area contributed by atoms with Crippen LogP contribution in [0, 0.1) is 6.92 Å². The Hall–Kier alpha value is -3.15. The number of carbonyl (C=O) groups excluding carboxylic acids is 1. The topological polar surface area (TPSA) is 59.6 Å². The first-order valence-electron chi connectivity index (χ1n) is 11.6. The van der Waals surface area contributed by atoms with Gasteiger partial charge in [-0.2, -0.15) is 0 Å². The smallest absolute Gasteiger partial charge is 0.338 e. The van der Waals surface area contributed by atoms with Crippen LogP contribution in [0.3, 0.4) is 0 Å². The van der Waals surface area contributed by atoms with Crippen LogP contribution in [0.25, 0.3) is 5.57 Å². The van der Waals surface area contributed by atoms with Crippen molar-refractivity contribution < 1.29 is 14.3 Å². The first-order valence-corrected chi connectivity index (χ1v) is 11.6. The van der Waals surface area contributed by atoms with Gasteiger partial charge in [0.15, 0.2) is 0 Å². The number of allylic oxidation sites excluding steroid dienone is 1. The van der Waals surface area contributed by atoms with E-state index in [4.69, 9.17) is 9.47 Å². The summed E-state index contributed by atoms with van der Waals surface area (Å²) in [4.78, 5) is 12.9. The molecule has 2 aromatic carbocycles. The second-order valence-corrected chi connectivity index (χ2v) is 8.42. The van der Waals surface area contributed by atoms with E-state index in [0.717, 1.165) is 46.9 Å². The average Bonchev–Trinajstić information content (AvgIpc) is 2.80. The minimum Gasteiger partial charge on any atom is -0.462 e. The number of nitrogens with one attached hydrogen (secondary N) is 2. The van der Waals surface area contributed by atoms with Gasteiger partial charge in [0.05, 0.1) is 18.2 Å². The highest BCUT2D eigenvalue weighted by molar-refractivity contribution is 6.01. The molecule has 0 aromatic heterocycles. The van der Waals surface area contributed by atoms with Gasteiger partial charge in [0.2, 0.25) is 0 Å². The van der Waals surface area contributed by atoms with Gasteiger partial charge in [-0.05, 0) is 81.4 Å². The summed E-state index contributed by atoms with van der Waals surface area (Å²) in [6.07, 6.45) is 4.32. The van der Waals surface area contributed by atoms with Gasteiger partial charge in [-0.3, -0.25) is 0 Å². The number of carbonyl (C=O) groups is 1. The molecule has 0 spiro atoms. The number of hydrogen-bond acceptors (Lipinski definition) is 5. The molecule has 0 bridgehead atoms. The molecule has 0 amide bonds. The van der Waals surface area contributed by atoms with Crippen molar-refractivity contribution in [2.75, 3.05) is 20.2 Å². The third-order valence-electron chi connectivity index (χ3n) is 6.13. The van der Waals surface area contributed by atoms with Crippen molar-refractivity contribution in [2.24, 2.45) is 0 Å². The highest BCUT2D eigenvalue weighted by Gasteiger charge is 2.31. The Morgan fingerprint density at radius 1 is 1.12 bits per heavy atom. The van der Waals surface area contributed by atoms with Crippen LogP contribution in [0.5, 0.6) is 5.75 Å². The van der Waals surface area contributed by atoms with Crippen molar-refractivity contribution >= 4 is 11.5 Å². The van der Waals surface area contributed by atoms with Crippen molar-refractivity contribution in [2.45, 2.75) is 40.3 Å². The molecule has 2 aromatic rings. The van der Waals surface area contributed by atoms with Gasteiger partial charge < -0.3 is 20.1 Å². The fourth-order valence-corrected chi connectivity index (χ4v) is 4.52. The molecule has 1 atom stereocenters. The molecule has 2 aliphatic rings. The Morgan fingerprint density at radius 3 is 2.64 bits per heavy atom. The Bertz CT molecular complexity index is 1170. The van der Waals surface area contributed by atoms with E-state index in [2.05, 4.69) is 55.7 Å². The largest absolute Gasteiger partial charge is 0.462 e. The SMILES string of the molecule is CCNC1C=C2Oc3cc(CNC)c(C)cc3C(c3ccccc3C(=O)OCC)=C2C=C1C. The van der Waals surface area contributed by atoms with E-state index in [1.165, 1.54) is 16.7 Å².